The smallest absolute Gasteiger partial charge is 0.165 e. The minimum Gasteiger partial charge on any atom is -0.379 e. The van der Waals surface area contributed by atoms with Gasteiger partial charge < -0.3 is 5.73 Å². The fraction of sp³-hybridized carbons (Fsp3) is 0.353. The quantitative estimate of drug-likeness (QED) is 0.891. The van der Waals surface area contributed by atoms with E-state index in [0.29, 0.717) is 34.4 Å². The van der Waals surface area contributed by atoms with Crippen molar-refractivity contribution in [3.63, 3.8) is 0 Å². The Morgan fingerprint density at radius 3 is 2.96 bits per heavy atom. The second kappa shape index (κ2) is 6.69. The number of benzene rings is 1. The molecule has 1 aromatic rings. The van der Waals surface area contributed by atoms with Crippen LogP contribution in [0.15, 0.2) is 39.8 Å². The number of aliphatic imine (C=N–C) groups is 2. The van der Waals surface area contributed by atoms with E-state index in [1.165, 1.54) is 17.8 Å². The third kappa shape index (κ3) is 3.54. The first-order valence-electron chi connectivity index (χ1n) is 7.58. The molecule has 1 atom stereocenters. The van der Waals surface area contributed by atoms with E-state index in [-0.39, 0.29) is 18.0 Å². The molecule has 0 amide bonds. The van der Waals surface area contributed by atoms with Gasteiger partial charge in [0.1, 0.15) is 11.0 Å². The van der Waals surface area contributed by atoms with Crippen molar-refractivity contribution >= 4 is 39.5 Å². The second-order valence-electron chi connectivity index (χ2n) is 6.05. The number of ketones is 1. The zero-order valence-electron chi connectivity index (χ0n) is 13.2. The summed E-state index contributed by atoms with van der Waals surface area (Å²) in [5.74, 6) is 0.403. The van der Waals surface area contributed by atoms with E-state index in [2.05, 4.69) is 9.98 Å². The van der Waals surface area contributed by atoms with E-state index in [1.807, 2.05) is 6.92 Å². The lowest BCUT2D eigenvalue weighted by molar-refractivity contribution is -0.114. The van der Waals surface area contributed by atoms with Crippen molar-refractivity contribution in [2.45, 2.75) is 25.3 Å². The Morgan fingerprint density at radius 1 is 1.50 bits per heavy atom. The highest BCUT2D eigenvalue weighted by molar-refractivity contribution is 8.13. The molecular weight excluding hydrogens is 349 g/mol. The van der Waals surface area contributed by atoms with Gasteiger partial charge in [0, 0.05) is 23.3 Å². The predicted molar refractivity (Wildman–Crippen MR) is 97.4 cm³/mol. The number of rotatable bonds is 4. The summed E-state index contributed by atoms with van der Waals surface area (Å²) in [6.07, 6.45) is 2.46. The third-order valence-electron chi connectivity index (χ3n) is 4.22. The molecule has 24 heavy (non-hydrogen) atoms. The van der Waals surface area contributed by atoms with Gasteiger partial charge in [0.15, 0.2) is 11.0 Å². The fourth-order valence-electron chi connectivity index (χ4n) is 2.84. The molecule has 1 aromatic carbocycles. The highest BCUT2D eigenvalue weighted by Gasteiger charge is 2.32. The minimum atomic E-state index is -0.697. The van der Waals surface area contributed by atoms with Gasteiger partial charge in [-0.2, -0.15) is 0 Å². The van der Waals surface area contributed by atoms with Gasteiger partial charge >= 0.3 is 0 Å². The zero-order valence-corrected chi connectivity index (χ0v) is 14.8. The van der Waals surface area contributed by atoms with E-state index in [0.717, 1.165) is 11.3 Å². The molecule has 7 heteroatoms. The Hall–Kier alpha value is -1.66. The molecule has 0 saturated heterocycles. The van der Waals surface area contributed by atoms with Crippen LogP contribution in [0.5, 0.6) is 0 Å². The van der Waals surface area contributed by atoms with E-state index < -0.39 is 5.54 Å². The summed E-state index contributed by atoms with van der Waals surface area (Å²) >= 11 is 7.25. The Kier molecular flexibility index (Phi) is 4.78. The Bertz CT molecular complexity index is 790. The lowest BCUT2D eigenvalue weighted by Gasteiger charge is -2.30. The molecule has 0 bridgehead atoms. The van der Waals surface area contributed by atoms with Crippen molar-refractivity contribution in [1.82, 2.24) is 0 Å². The van der Waals surface area contributed by atoms with Crippen LogP contribution in [-0.4, -0.2) is 28.4 Å². The van der Waals surface area contributed by atoms with E-state index in [9.17, 15) is 9.18 Å². The van der Waals surface area contributed by atoms with Gasteiger partial charge in [-0.1, -0.05) is 29.4 Å². The summed E-state index contributed by atoms with van der Waals surface area (Å²) in [5, 5.41) is 0.808. The van der Waals surface area contributed by atoms with Crippen LogP contribution < -0.4 is 5.73 Å². The molecule has 0 saturated carbocycles. The van der Waals surface area contributed by atoms with Gasteiger partial charge in [-0.25, -0.2) is 4.39 Å². The number of Topliss-reactive ketones (excluding diaryl/α,β-unsaturated/α-hetero) is 1. The molecule has 0 spiro atoms. The maximum Gasteiger partial charge on any atom is 0.165 e. The third-order valence-corrected chi connectivity index (χ3v) is 5.25. The number of halogens is 2. The molecule has 4 nitrogen and oxygen atoms in total. The topological polar surface area (TPSA) is 67.8 Å². The van der Waals surface area contributed by atoms with Crippen LogP contribution in [0.3, 0.4) is 0 Å². The molecule has 0 radical (unpaired) electrons. The maximum absolute atomic E-state index is 14.4. The number of carbonyl (C=O) groups is 1. The monoisotopic (exact) mass is 365 g/mol. The average molecular weight is 366 g/mol. The lowest BCUT2D eigenvalue weighted by Crippen LogP contribution is -2.29. The molecule has 3 rings (SSSR count). The van der Waals surface area contributed by atoms with E-state index >= 15 is 0 Å². The first-order chi connectivity index (χ1) is 11.4. The predicted octanol–water partition coefficient (Wildman–Crippen LogP) is 3.18. The van der Waals surface area contributed by atoms with Crippen molar-refractivity contribution in [3.8, 4) is 0 Å². The minimum absolute atomic E-state index is 0.0562. The largest absolute Gasteiger partial charge is 0.379 e. The summed E-state index contributed by atoms with van der Waals surface area (Å²) in [5.41, 5.74) is 6.92. The van der Waals surface area contributed by atoms with E-state index in [1.54, 1.807) is 18.2 Å². The molecule has 1 unspecified atom stereocenters. The molecule has 2 heterocycles. The van der Waals surface area contributed by atoms with Crippen molar-refractivity contribution in [1.29, 1.82) is 0 Å². The highest BCUT2D eigenvalue weighted by Crippen LogP contribution is 2.36. The molecule has 0 aliphatic carbocycles. The lowest BCUT2D eigenvalue weighted by atomic mass is 9.87. The molecular formula is C17H17ClFN3OS. The van der Waals surface area contributed by atoms with Crippen LogP contribution in [0, 0.1) is 5.82 Å². The molecule has 0 aromatic heterocycles. The Morgan fingerprint density at radius 2 is 2.29 bits per heavy atom. The van der Waals surface area contributed by atoms with Gasteiger partial charge in [0.25, 0.3) is 0 Å². The average Bonchev–Trinajstić information content (AvgIpc) is 2.95. The van der Waals surface area contributed by atoms with Crippen molar-refractivity contribution in [3.05, 3.63) is 46.8 Å². The standard InChI is InChI=1S/C17H17ClFN3OS/c1-17(4-5-24-16(20)22-17)12-6-10(2-3-13(12)19)7-14(23)11-8-15(18)21-9-11/h2-3,6,8H,4-5,7,9H2,1H3,(H2,20,22). The van der Waals surface area contributed by atoms with E-state index in [4.69, 9.17) is 17.3 Å². The number of hydrogen-bond acceptors (Lipinski definition) is 5. The number of nitrogens with zero attached hydrogens (tertiary/aromatic N) is 2. The Labute approximate surface area is 149 Å². The van der Waals surface area contributed by atoms with Crippen LogP contribution >= 0.6 is 23.4 Å². The van der Waals surface area contributed by atoms with Gasteiger partial charge in [0.05, 0.1) is 12.1 Å². The van der Waals surface area contributed by atoms with Crippen LogP contribution in [0.2, 0.25) is 0 Å². The number of amidine groups is 1. The second-order valence-corrected chi connectivity index (χ2v) is 7.55. The number of hydrogen-bond donors (Lipinski definition) is 1. The molecule has 2 aliphatic heterocycles. The van der Waals surface area contributed by atoms with Crippen LogP contribution in [0.1, 0.15) is 24.5 Å². The first kappa shape index (κ1) is 17.2. The summed E-state index contributed by atoms with van der Waals surface area (Å²) in [6.45, 7) is 2.18. The normalized spacial score (nSPS) is 23.5. The summed E-state index contributed by atoms with van der Waals surface area (Å²) < 4.78 is 14.4. The first-order valence-corrected chi connectivity index (χ1v) is 8.94. The van der Waals surface area contributed by atoms with Crippen LogP contribution in [0.25, 0.3) is 0 Å². The highest BCUT2D eigenvalue weighted by atomic mass is 35.5. The maximum atomic E-state index is 14.4. The SMILES string of the molecule is CC1(c2cc(CC(=O)C3=CC(Cl)=NC3)ccc2F)CCSC(N)=N1. The summed E-state index contributed by atoms with van der Waals surface area (Å²) in [4.78, 5) is 20.7. The van der Waals surface area contributed by atoms with Crippen molar-refractivity contribution in [2.24, 2.45) is 15.7 Å². The number of allylic oxidation sites excluding steroid dienone is 1. The van der Waals surface area contributed by atoms with Gasteiger partial charge in [-0.15, -0.1) is 0 Å². The van der Waals surface area contributed by atoms with Gasteiger partial charge in [-0.3, -0.25) is 14.8 Å². The van der Waals surface area contributed by atoms with Crippen molar-refractivity contribution in [2.75, 3.05) is 12.3 Å². The molecule has 2 aliphatic rings. The number of carbonyl (C=O) groups excluding carboxylic acids is 1. The summed E-state index contributed by atoms with van der Waals surface area (Å²) in [7, 11) is 0. The molecule has 0 fully saturated rings. The Balaban J connectivity index is 1.86. The molecule has 126 valence electrons. The van der Waals surface area contributed by atoms with Gasteiger partial charge in [-0.05, 0) is 37.1 Å². The zero-order chi connectivity index (χ0) is 17.3. The van der Waals surface area contributed by atoms with Gasteiger partial charge in [0.2, 0.25) is 0 Å². The summed E-state index contributed by atoms with van der Waals surface area (Å²) in [6, 6.07) is 4.74. The number of thioether (sulfide) groups is 1. The van der Waals surface area contributed by atoms with Crippen LogP contribution in [0.4, 0.5) is 4.39 Å². The van der Waals surface area contributed by atoms with Crippen molar-refractivity contribution < 1.29 is 9.18 Å². The number of nitrogens with two attached hydrogens (primary N) is 1. The fourth-order valence-corrected chi connectivity index (χ4v) is 4.01. The van der Waals surface area contributed by atoms with Crippen LogP contribution in [-0.2, 0) is 16.8 Å². The molecule has 2 N–H and O–H groups in total.